The predicted octanol–water partition coefficient (Wildman–Crippen LogP) is 9.21. The zero-order valence-corrected chi connectivity index (χ0v) is 19.9. The topological polar surface area (TPSA) is 20.7 Å². The molecule has 0 atom stereocenters. The number of aromatic amines is 1. The lowest BCUT2D eigenvalue weighted by Gasteiger charge is -2.08. The third-order valence-electron chi connectivity index (χ3n) is 7.31. The number of para-hydroxylation sites is 2. The highest BCUT2D eigenvalue weighted by atomic mass is 15.0. The van der Waals surface area contributed by atoms with Crippen molar-refractivity contribution < 1.29 is 0 Å². The van der Waals surface area contributed by atoms with E-state index in [-0.39, 0.29) is 0 Å². The van der Waals surface area contributed by atoms with Crippen molar-refractivity contribution in [2.75, 3.05) is 0 Å². The van der Waals surface area contributed by atoms with E-state index in [1.54, 1.807) is 0 Å². The molecule has 0 aliphatic heterocycles. The Balaban J connectivity index is 1.45. The van der Waals surface area contributed by atoms with Crippen LogP contribution in [0.5, 0.6) is 0 Å². The summed E-state index contributed by atoms with van der Waals surface area (Å²) in [5.41, 5.74) is 9.90. The van der Waals surface area contributed by atoms with Gasteiger partial charge in [0.1, 0.15) is 0 Å². The van der Waals surface area contributed by atoms with Crippen LogP contribution in [0.1, 0.15) is 25.3 Å². The molecule has 0 amide bonds. The van der Waals surface area contributed by atoms with Crippen LogP contribution in [0, 0.1) is 0 Å². The molecule has 2 heterocycles. The third-order valence-corrected chi connectivity index (χ3v) is 7.31. The molecule has 0 unspecified atom stereocenters. The van der Waals surface area contributed by atoms with Crippen LogP contribution in [0.2, 0.25) is 0 Å². The van der Waals surface area contributed by atoms with Crippen molar-refractivity contribution in [3.8, 4) is 16.8 Å². The van der Waals surface area contributed by atoms with Crippen molar-refractivity contribution in [3.05, 3.63) is 115 Å². The van der Waals surface area contributed by atoms with Gasteiger partial charge in [0.2, 0.25) is 0 Å². The van der Waals surface area contributed by atoms with Gasteiger partial charge in [0, 0.05) is 38.3 Å². The summed E-state index contributed by atoms with van der Waals surface area (Å²) < 4.78 is 2.37. The van der Waals surface area contributed by atoms with Gasteiger partial charge in [-0.25, -0.2) is 0 Å². The number of hydrogen-bond acceptors (Lipinski definition) is 0. The minimum absolute atomic E-state index is 0.511. The summed E-state index contributed by atoms with van der Waals surface area (Å²) in [5.74, 6) is 0.511. The van der Waals surface area contributed by atoms with Crippen molar-refractivity contribution in [2.45, 2.75) is 19.8 Å². The van der Waals surface area contributed by atoms with Gasteiger partial charge in [-0.1, -0.05) is 68.4 Å². The van der Waals surface area contributed by atoms with E-state index in [0.29, 0.717) is 5.92 Å². The maximum Gasteiger partial charge on any atom is 0.0541 e. The van der Waals surface area contributed by atoms with Gasteiger partial charge in [-0.05, 0) is 77.2 Å². The predicted molar refractivity (Wildman–Crippen MR) is 150 cm³/mol. The third kappa shape index (κ3) is 3.10. The Labute approximate surface area is 204 Å². The van der Waals surface area contributed by atoms with Gasteiger partial charge in [0.25, 0.3) is 0 Å². The second-order valence-corrected chi connectivity index (χ2v) is 9.77. The van der Waals surface area contributed by atoms with Gasteiger partial charge in [0.15, 0.2) is 0 Å². The van der Waals surface area contributed by atoms with E-state index in [1.807, 2.05) is 0 Å². The van der Waals surface area contributed by atoms with E-state index < -0.39 is 0 Å². The first-order valence-electron chi connectivity index (χ1n) is 12.3. The summed E-state index contributed by atoms with van der Waals surface area (Å²) in [7, 11) is 0. The Morgan fingerprint density at radius 1 is 0.543 bits per heavy atom. The summed E-state index contributed by atoms with van der Waals surface area (Å²) >= 11 is 0. The van der Waals surface area contributed by atoms with Crippen LogP contribution in [0.15, 0.2) is 109 Å². The molecular weight excluding hydrogens is 424 g/mol. The van der Waals surface area contributed by atoms with Crippen molar-refractivity contribution in [1.82, 2.24) is 9.55 Å². The van der Waals surface area contributed by atoms with Crippen LogP contribution < -0.4 is 0 Å². The molecule has 7 rings (SSSR count). The average Bonchev–Trinajstić information content (AvgIpc) is 3.43. The van der Waals surface area contributed by atoms with E-state index in [0.717, 1.165) is 0 Å². The second kappa shape index (κ2) is 7.61. The van der Waals surface area contributed by atoms with Crippen LogP contribution in [0.3, 0.4) is 0 Å². The largest absolute Gasteiger partial charge is 0.355 e. The number of rotatable bonds is 3. The highest BCUT2D eigenvalue weighted by molar-refractivity contribution is 6.12. The van der Waals surface area contributed by atoms with E-state index >= 15 is 0 Å². The Morgan fingerprint density at radius 2 is 1.17 bits per heavy atom. The second-order valence-electron chi connectivity index (χ2n) is 9.77. The zero-order chi connectivity index (χ0) is 23.5. The van der Waals surface area contributed by atoms with Crippen LogP contribution in [0.4, 0.5) is 0 Å². The monoisotopic (exact) mass is 450 g/mol. The molecule has 0 radical (unpaired) electrons. The first-order valence-corrected chi connectivity index (χ1v) is 12.3. The first kappa shape index (κ1) is 20.1. The van der Waals surface area contributed by atoms with Crippen LogP contribution in [0.25, 0.3) is 60.4 Å². The molecule has 2 aromatic heterocycles. The minimum Gasteiger partial charge on any atom is -0.355 e. The fraction of sp³-hybridized carbons (Fsp3) is 0.0909. The molecule has 0 bridgehead atoms. The first-order chi connectivity index (χ1) is 17.2. The molecule has 0 saturated carbocycles. The van der Waals surface area contributed by atoms with E-state index in [1.165, 1.54) is 66.0 Å². The smallest absolute Gasteiger partial charge is 0.0541 e. The van der Waals surface area contributed by atoms with Crippen LogP contribution in [-0.2, 0) is 0 Å². The maximum atomic E-state index is 3.59. The average molecular weight is 451 g/mol. The lowest BCUT2D eigenvalue weighted by Crippen LogP contribution is -1.92. The van der Waals surface area contributed by atoms with E-state index in [4.69, 9.17) is 0 Å². The van der Waals surface area contributed by atoms with Gasteiger partial charge >= 0.3 is 0 Å². The highest BCUT2D eigenvalue weighted by Crippen LogP contribution is 2.36. The van der Waals surface area contributed by atoms with Gasteiger partial charge < -0.3 is 9.55 Å². The van der Waals surface area contributed by atoms with Gasteiger partial charge in [-0.2, -0.15) is 0 Å². The molecule has 2 nitrogen and oxygen atoms in total. The highest BCUT2D eigenvalue weighted by Gasteiger charge is 2.14. The van der Waals surface area contributed by atoms with E-state index in [2.05, 4.69) is 133 Å². The lowest BCUT2D eigenvalue weighted by molar-refractivity contribution is 0.869. The van der Waals surface area contributed by atoms with Gasteiger partial charge in [-0.3, -0.25) is 0 Å². The summed E-state index contributed by atoms with van der Waals surface area (Å²) in [6.07, 6.45) is 0. The molecule has 7 aromatic rings. The molecule has 168 valence electrons. The molecule has 0 saturated heterocycles. The SMILES string of the molecule is CC(C)c1ccc2[nH]c3ccc(-c4ccc5c(c4)c4ccccc4n5-c4ccccc4)cc3c2c1. The van der Waals surface area contributed by atoms with Crippen LogP contribution >= 0.6 is 0 Å². The molecule has 5 aromatic carbocycles. The Kier molecular flexibility index (Phi) is 4.37. The van der Waals surface area contributed by atoms with Gasteiger partial charge in [0.05, 0.1) is 11.0 Å². The number of H-pyrrole nitrogens is 1. The number of nitrogens with one attached hydrogen (secondary N) is 1. The lowest BCUT2D eigenvalue weighted by atomic mass is 9.98. The number of hydrogen-bond donors (Lipinski definition) is 1. The number of aromatic nitrogens is 2. The molecule has 1 N–H and O–H groups in total. The molecule has 0 spiro atoms. The maximum absolute atomic E-state index is 3.59. The number of nitrogens with zero attached hydrogens (tertiary/aromatic N) is 1. The molecule has 35 heavy (non-hydrogen) atoms. The van der Waals surface area contributed by atoms with Crippen molar-refractivity contribution in [3.63, 3.8) is 0 Å². The Morgan fingerprint density at radius 3 is 1.97 bits per heavy atom. The summed E-state index contributed by atoms with van der Waals surface area (Å²) in [6.45, 7) is 4.51. The molecule has 2 heteroatoms. The van der Waals surface area contributed by atoms with Crippen molar-refractivity contribution in [2.24, 2.45) is 0 Å². The number of fused-ring (bicyclic) bond motifs is 6. The molecule has 0 aliphatic carbocycles. The molecule has 0 fully saturated rings. The van der Waals surface area contributed by atoms with Crippen LogP contribution in [-0.4, -0.2) is 9.55 Å². The van der Waals surface area contributed by atoms with Crippen molar-refractivity contribution in [1.29, 1.82) is 0 Å². The Bertz CT molecular complexity index is 1870. The standard InChI is InChI=1S/C33H26N2/c1-21(2)22-12-15-30-27(18-22)28-19-23(13-16-31(28)34-30)24-14-17-33-29(20-24)26-10-6-7-11-32(26)35(33)25-8-4-3-5-9-25/h3-21,34H,1-2H3. The zero-order valence-electron chi connectivity index (χ0n) is 19.9. The van der Waals surface area contributed by atoms with Gasteiger partial charge in [-0.15, -0.1) is 0 Å². The summed E-state index contributed by atoms with van der Waals surface area (Å²) in [4.78, 5) is 3.59. The van der Waals surface area contributed by atoms with Crippen molar-refractivity contribution >= 4 is 43.6 Å². The summed E-state index contributed by atoms with van der Waals surface area (Å²) in [5, 5.41) is 5.15. The minimum atomic E-state index is 0.511. The fourth-order valence-corrected chi connectivity index (χ4v) is 5.46. The summed E-state index contributed by atoms with van der Waals surface area (Å²) in [6, 6.07) is 39.8. The Hall–Kier alpha value is -4.30. The molecular formula is C33H26N2. The molecule has 0 aliphatic rings. The van der Waals surface area contributed by atoms with E-state index in [9.17, 15) is 0 Å². The quantitative estimate of drug-likeness (QED) is 0.277. The fourth-order valence-electron chi connectivity index (χ4n) is 5.46. The number of benzene rings is 5. The normalized spacial score (nSPS) is 12.0.